The second kappa shape index (κ2) is 6.20. The van der Waals surface area contributed by atoms with Crippen LogP contribution in [0.1, 0.15) is 49.8 Å². The predicted molar refractivity (Wildman–Crippen MR) is 76.2 cm³/mol. The van der Waals surface area contributed by atoms with E-state index in [1.54, 1.807) is 0 Å². The van der Waals surface area contributed by atoms with E-state index in [9.17, 15) is 9.90 Å². The Hall–Kier alpha value is -1.35. The number of hydrogen-bond acceptors (Lipinski definition) is 2. The number of rotatable bonds is 3. The number of aryl methyl sites for hydroxylation is 1. The lowest BCUT2D eigenvalue weighted by Gasteiger charge is -2.33. The van der Waals surface area contributed by atoms with Crippen LogP contribution < -0.4 is 0 Å². The van der Waals surface area contributed by atoms with Crippen molar-refractivity contribution in [3.05, 3.63) is 35.4 Å². The molecule has 0 amide bonds. The first-order chi connectivity index (χ1) is 9.11. The number of likely N-dealkylation sites (tertiary alicyclic amines) is 1. The Morgan fingerprint density at radius 2 is 2.05 bits per heavy atom. The van der Waals surface area contributed by atoms with Gasteiger partial charge in [0, 0.05) is 6.04 Å². The minimum atomic E-state index is -0.678. The maximum atomic E-state index is 11.5. The van der Waals surface area contributed by atoms with Gasteiger partial charge in [0.15, 0.2) is 0 Å². The van der Waals surface area contributed by atoms with E-state index in [-0.39, 0.29) is 12.1 Å². The first-order valence-corrected chi connectivity index (χ1v) is 7.15. The molecule has 1 heterocycles. The molecule has 0 aromatic heterocycles. The van der Waals surface area contributed by atoms with Crippen molar-refractivity contribution in [1.29, 1.82) is 0 Å². The van der Waals surface area contributed by atoms with Crippen LogP contribution in [0.25, 0.3) is 0 Å². The lowest BCUT2D eigenvalue weighted by atomic mass is 9.99. The zero-order valence-corrected chi connectivity index (χ0v) is 11.8. The van der Waals surface area contributed by atoms with Gasteiger partial charge in [-0.2, -0.15) is 0 Å². The lowest BCUT2D eigenvalue weighted by molar-refractivity contribution is -0.144. The number of hydrogen-bond donors (Lipinski definition) is 1. The van der Waals surface area contributed by atoms with Gasteiger partial charge in [0.2, 0.25) is 0 Å². The van der Waals surface area contributed by atoms with Gasteiger partial charge >= 0.3 is 5.97 Å². The largest absolute Gasteiger partial charge is 0.480 e. The molecule has 1 aliphatic heterocycles. The number of carboxylic acids is 1. The SMILES string of the molecule is Cc1ccccc1C(C)N1CCCCCC1C(=O)O. The van der Waals surface area contributed by atoms with E-state index < -0.39 is 5.97 Å². The maximum absolute atomic E-state index is 11.5. The van der Waals surface area contributed by atoms with Crippen molar-refractivity contribution in [2.45, 2.75) is 51.6 Å². The van der Waals surface area contributed by atoms with Crippen LogP contribution in [0.15, 0.2) is 24.3 Å². The van der Waals surface area contributed by atoms with E-state index >= 15 is 0 Å². The first kappa shape index (κ1) is 14.1. The molecule has 3 heteroatoms. The van der Waals surface area contributed by atoms with Gasteiger partial charge in [-0.1, -0.05) is 37.1 Å². The topological polar surface area (TPSA) is 40.5 Å². The summed E-state index contributed by atoms with van der Waals surface area (Å²) in [4.78, 5) is 13.7. The number of benzene rings is 1. The molecule has 1 aromatic rings. The van der Waals surface area contributed by atoms with Crippen molar-refractivity contribution < 1.29 is 9.90 Å². The Morgan fingerprint density at radius 3 is 2.74 bits per heavy atom. The number of nitrogens with zero attached hydrogens (tertiary/aromatic N) is 1. The summed E-state index contributed by atoms with van der Waals surface area (Å²) < 4.78 is 0. The van der Waals surface area contributed by atoms with Crippen LogP contribution in [0.4, 0.5) is 0 Å². The summed E-state index contributed by atoms with van der Waals surface area (Å²) in [6, 6.07) is 8.11. The summed E-state index contributed by atoms with van der Waals surface area (Å²) in [6.07, 6.45) is 4.03. The minimum Gasteiger partial charge on any atom is -0.480 e. The fourth-order valence-corrected chi connectivity index (χ4v) is 3.09. The third-order valence-electron chi connectivity index (χ3n) is 4.22. The van der Waals surface area contributed by atoms with E-state index in [2.05, 4.69) is 30.9 Å². The van der Waals surface area contributed by atoms with Gasteiger partial charge < -0.3 is 5.11 Å². The van der Waals surface area contributed by atoms with Gasteiger partial charge in [0.05, 0.1) is 0 Å². The highest BCUT2D eigenvalue weighted by Crippen LogP contribution is 2.29. The third kappa shape index (κ3) is 3.16. The summed E-state index contributed by atoms with van der Waals surface area (Å²) in [5.74, 6) is -0.678. The molecule has 19 heavy (non-hydrogen) atoms. The lowest BCUT2D eigenvalue weighted by Crippen LogP contribution is -2.42. The van der Waals surface area contributed by atoms with E-state index in [0.717, 1.165) is 32.2 Å². The van der Waals surface area contributed by atoms with Crippen LogP contribution in [0.5, 0.6) is 0 Å². The Labute approximate surface area is 115 Å². The van der Waals surface area contributed by atoms with Gasteiger partial charge in [-0.3, -0.25) is 9.69 Å². The van der Waals surface area contributed by atoms with Crippen molar-refractivity contribution in [3.63, 3.8) is 0 Å². The Bertz CT molecular complexity index is 444. The molecule has 0 spiro atoms. The molecule has 0 bridgehead atoms. The van der Waals surface area contributed by atoms with Crippen molar-refractivity contribution in [2.75, 3.05) is 6.54 Å². The van der Waals surface area contributed by atoms with E-state index in [1.165, 1.54) is 11.1 Å². The summed E-state index contributed by atoms with van der Waals surface area (Å²) in [6.45, 7) is 5.11. The summed E-state index contributed by atoms with van der Waals surface area (Å²) in [5.41, 5.74) is 2.49. The summed E-state index contributed by atoms with van der Waals surface area (Å²) in [5, 5.41) is 9.46. The second-order valence-electron chi connectivity index (χ2n) is 5.47. The molecule has 1 N–H and O–H groups in total. The molecule has 1 fully saturated rings. The van der Waals surface area contributed by atoms with Crippen molar-refractivity contribution >= 4 is 5.97 Å². The van der Waals surface area contributed by atoms with E-state index in [4.69, 9.17) is 0 Å². The van der Waals surface area contributed by atoms with Crippen molar-refractivity contribution in [1.82, 2.24) is 4.90 Å². The van der Waals surface area contributed by atoms with Crippen LogP contribution in [-0.4, -0.2) is 28.6 Å². The number of aliphatic carboxylic acids is 1. The Kier molecular flexibility index (Phi) is 4.59. The molecule has 2 unspecified atom stereocenters. The number of carbonyl (C=O) groups is 1. The monoisotopic (exact) mass is 261 g/mol. The van der Waals surface area contributed by atoms with Crippen LogP contribution >= 0.6 is 0 Å². The second-order valence-corrected chi connectivity index (χ2v) is 5.47. The van der Waals surface area contributed by atoms with Crippen molar-refractivity contribution in [3.8, 4) is 0 Å². The van der Waals surface area contributed by atoms with Crippen LogP contribution in [-0.2, 0) is 4.79 Å². The molecule has 1 saturated heterocycles. The average Bonchev–Trinajstić information content (AvgIpc) is 2.64. The highest BCUT2D eigenvalue weighted by molar-refractivity contribution is 5.73. The highest BCUT2D eigenvalue weighted by atomic mass is 16.4. The van der Waals surface area contributed by atoms with Crippen LogP contribution in [0.2, 0.25) is 0 Å². The Morgan fingerprint density at radius 1 is 1.32 bits per heavy atom. The maximum Gasteiger partial charge on any atom is 0.320 e. The molecule has 3 nitrogen and oxygen atoms in total. The molecule has 2 atom stereocenters. The zero-order valence-electron chi connectivity index (χ0n) is 11.8. The molecule has 0 radical (unpaired) electrons. The quantitative estimate of drug-likeness (QED) is 0.906. The molecule has 1 aromatic carbocycles. The fraction of sp³-hybridized carbons (Fsp3) is 0.562. The van der Waals surface area contributed by atoms with Crippen LogP contribution in [0.3, 0.4) is 0 Å². The van der Waals surface area contributed by atoms with Gasteiger partial charge in [0.1, 0.15) is 6.04 Å². The van der Waals surface area contributed by atoms with Crippen LogP contribution in [0, 0.1) is 6.92 Å². The normalized spacial score (nSPS) is 22.7. The van der Waals surface area contributed by atoms with Gasteiger partial charge in [-0.15, -0.1) is 0 Å². The minimum absolute atomic E-state index is 0.167. The third-order valence-corrected chi connectivity index (χ3v) is 4.22. The number of carboxylic acid groups (broad SMARTS) is 1. The van der Waals surface area contributed by atoms with Gasteiger partial charge in [-0.05, 0) is 44.4 Å². The molecule has 0 saturated carbocycles. The first-order valence-electron chi connectivity index (χ1n) is 7.15. The Balaban J connectivity index is 2.26. The molecular weight excluding hydrogens is 238 g/mol. The molecular formula is C16H23NO2. The summed E-state index contributed by atoms with van der Waals surface area (Å²) in [7, 11) is 0. The zero-order chi connectivity index (χ0) is 13.8. The smallest absolute Gasteiger partial charge is 0.320 e. The molecule has 0 aliphatic carbocycles. The molecule has 1 aliphatic rings. The average molecular weight is 261 g/mol. The van der Waals surface area contributed by atoms with Gasteiger partial charge in [0.25, 0.3) is 0 Å². The van der Waals surface area contributed by atoms with Crippen molar-refractivity contribution in [2.24, 2.45) is 0 Å². The van der Waals surface area contributed by atoms with E-state index in [0.29, 0.717) is 0 Å². The molecule has 2 rings (SSSR count). The summed E-state index contributed by atoms with van der Waals surface area (Å²) >= 11 is 0. The van der Waals surface area contributed by atoms with Gasteiger partial charge in [-0.25, -0.2) is 0 Å². The molecule has 104 valence electrons. The fourth-order valence-electron chi connectivity index (χ4n) is 3.09. The predicted octanol–water partition coefficient (Wildman–Crippen LogP) is 3.39. The standard InChI is InChI=1S/C16H23NO2/c1-12-8-5-6-9-14(12)13(2)17-11-7-3-4-10-15(17)16(18)19/h5-6,8-9,13,15H,3-4,7,10-11H2,1-2H3,(H,18,19). The van der Waals surface area contributed by atoms with E-state index in [1.807, 2.05) is 12.1 Å². The highest BCUT2D eigenvalue weighted by Gasteiger charge is 2.31.